The standard InChI is InChI=1S/C25H34N2O7/c1-23(2,3)27-20(28)16(14-11-9-8-10-12-14)26(22(27)29)13-15-17-18(32-24(4,5)31-17)19-21(30-15)34-25(6,7)33-19/h8-12,15-19,21H,13H2,1-7H3/t15-,16?,17+,18+,19-,21-/m1/s1. The zero-order valence-electron chi connectivity index (χ0n) is 20.8. The van der Waals surface area contributed by atoms with Crippen LogP contribution in [0.25, 0.3) is 0 Å². The minimum Gasteiger partial charge on any atom is -0.342 e. The fraction of sp³-hybridized carbons (Fsp3) is 0.680. The van der Waals surface area contributed by atoms with E-state index >= 15 is 0 Å². The average molecular weight is 475 g/mol. The summed E-state index contributed by atoms with van der Waals surface area (Å²) in [6.07, 6.45) is -2.61. The van der Waals surface area contributed by atoms with E-state index in [-0.39, 0.29) is 18.5 Å². The lowest BCUT2D eigenvalue weighted by molar-refractivity contribution is -0.235. The molecular formula is C25H34N2O7. The monoisotopic (exact) mass is 474 g/mol. The number of urea groups is 1. The molecule has 1 aromatic carbocycles. The van der Waals surface area contributed by atoms with Gasteiger partial charge in [0.1, 0.15) is 30.5 Å². The Kier molecular flexibility index (Phi) is 5.39. The van der Waals surface area contributed by atoms with E-state index in [9.17, 15) is 9.59 Å². The number of hydrogen-bond acceptors (Lipinski definition) is 7. The normalized spacial score (nSPS) is 36.7. The summed E-state index contributed by atoms with van der Waals surface area (Å²) in [5, 5.41) is 0. The molecule has 0 radical (unpaired) electrons. The molecule has 0 N–H and O–H groups in total. The smallest absolute Gasteiger partial charge is 0.328 e. The van der Waals surface area contributed by atoms with Crippen LogP contribution >= 0.6 is 0 Å². The van der Waals surface area contributed by atoms with Crippen molar-refractivity contribution >= 4 is 11.9 Å². The Morgan fingerprint density at radius 1 is 0.853 bits per heavy atom. The molecule has 9 heteroatoms. The number of fused-ring (bicyclic) bond motifs is 3. The molecule has 0 saturated carbocycles. The van der Waals surface area contributed by atoms with E-state index < -0.39 is 53.9 Å². The molecule has 5 rings (SSSR count). The molecule has 4 fully saturated rings. The fourth-order valence-electron chi connectivity index (χ4n) is 5.38. The van der Waals surface area contributed by atoms with E-state index in [0.717, 1.165) is 5.56 Å². The van der Waals surface area contributed by atoms with E-state index in [1.54, 1.807) is 4.90 Å². The Morgan fingerprint density at radius 2 is 1.44 bits per heavy atom. The molecule has 9 nitrogen and oxygen atoms in total. The van der Waals surface area contributed by atoms with Gasteiger partial charge in [-0.05, 0) is 54.0 Å². The molecule has 4 aliphatic rings. The van der Waals surface area contributed by atoms with Crippen LogP contribution in [-0.2, 0) is 28.5 Å². The van der Waals surface area contributed by atoms with E-state index in [0.29, 0.717) is 0 Å². The second-order valence-corrected chi connectivity index (χ2v) is 11.3. The molecule has 1 unspecified atom stereocenters. The Hall–Kier alpha value is -2.04. The van der Waals surface area contributed by atoms with Gasteiger partial charge < -0.3 is 28.6 Å². The second-order valence-electron chi connectivity index (χ2n) is 11.3. The van der Waals surface area contributed by atoms with Crippen molar-refractivity contribution in [1.29, 1.82) is 0 Å². The summed E-state index contributed by atoms with van der Waals surface area (Å²) in [6.45, 7) is 13.1. The van der Waals surface area contributed by atoms with E-state index in [2.05, 4.69) is 0 Å². The maximum Gasteiger partial charge on any atom is 0.328 e. The molecule has 1 aromatic rings. The van der Waals surface area contributed by atoms with Gasteiger partial charge in [-0.3, -0.25) is 9.69 Å². The van der Waals surface area contributed by atoms with Crippen molar-refractivity contribution in [2.75, 3.05) is 6.54 Å². The third-order valence-electron chi connectivity index (χ3n) is 6.62. The van der Waals surface area contributed by atoms with Crippen molar-refractivity contribution in [2.45, 2.75) is 102 Å². The lowest BCUT2D eigenvalue weighted by atomic mass is 9.97. The second kappa shape index (κ2) is 7.73. The van der Waals surface area contributed by atoms with Crippen LogP contribution < -0.4 is 0 Å². The van der Waals surface area contributed by atoms with Crippen LogP contribution in [0.1, 0.15) is 60.1 Å². The van der Waals surface area contributed by atoms with E-state index in [4.69, 9.17) is 23.7 Å². The summed E-state index contributed by atoms with van der Waals surface area (Å²) in [4.78, 5) is 30.1. The first-order valence-electron chi connectivity index (χ1n) is 11.8. The highest BCUT2D eigenvalue weighted by molar-refractivity contribution is 6.05. The molecule has 3 amide bonds. The Morgan fingerprint density at radius 3 is 2.09 bits per heavy atom. The number of imide groups is 1. The third-order valence-corrected chi connectivity index (χ3v) is 6.62. The predicted molar refractivity (Wildman–Crippen MR) is 120 cm³/mol. The van der Waals surface area contributed by atoms with Gasteiger partial charge in [-0.1, -0.05) is 30.3 Å². The molecule has 34 heavy (non-hydrogen) atoms. The van der Waals surface area contributed by atoms with Gasteiger partial charge in [0.25, 0.3) is 5.91 Å². The third kappa shape index (κ3) is 3.93. The van der Waals surface area contributed by atoms with Crippen LogP contribution in [0.5, 0.6) is 0 Å². The number of hydrogen-bond donors (Lipinski definition) is 0. The first-order chi connectivity index (χ1) is 15.8. The van der Waals surface area contributed by atoms with Gasteiger partial charge in [-0.25, -0.2) is 4.79 Å². The predicted octanol–water partition coefficient (Wildman–Crippen LogP) is 3.19. The summed E-state index contributed by atoms with van der Waals surface area (Å²) in [6, 6.07) is 8.25. The van der Waals surface area contributed by atoms with Crippen LogP contribution in [0.3, 0.4) is 0 Å². The van der Waals surface area contributed by atoms with Crippen LogP contribution in [0.15, 0.2) is 30.3 Å². The maximum absolute atomic E-state index is 13.6. The molecule has 0 bridgehead atoms. The minimum absolute atomic E-state index is 0.143. The van der Waals surface area contributed by atoms with Crippen molar-refractivity contribution in [1.82, 2.24) is 9.80 Å². The number of rotatable bonds is 3. The van der Waals surface area contributed by atoms with Crippen LogP contribution in [0, 0.1) is 0 Å². The SMILES string of the molecule is CC1(C)O[C@H]2[C@@H](O1)[C@@H](CN1C(=O)N(C(C)(C)C)C(=O)C1c1ccccc1)O[C@@H]1OC(C)(C)O[C@@H]12. The highest BCUT2D eigenvalue weighted by Gasteiger charge is 2.62. The zero-order valence-corrected chi connectivity index (χ0v) is 20.8. The lowest BCUT2D eigenvalue weighted by Crippen LogP contribution is -2.58. The Balaban J connectivity index is 1.48. The minimum atomic E-state index is -0.844. The van der Waals surface area contributed by atoms with Gasteiger partial charge in [0, 0.05) is 5.54 Å². The van der Waals surface area contributed by atoms with Crippen molar-refractivity contribution in [3.63, 3.8) is 0 Å². The molecular weight excluding hydrogens is 440 g/mol. The van der Waals surface area contributed by atoms with Crippen molar-refractivity contribution in [2.24, 2.45) is 0 Å². The van der Waals surface area contributed by atoms with E-state index in [1.165, 1.54) is 4.90 Å². The van der Waals surface area contributed by atoms with Gasteiger partial charge in [-0.2, -0.15) is 0 Å². The molecule has 4 heterocycles. The number of ether oxygens (including phenoxy) is 5. The van der Waals surface area contributed by atoms with Crippen molar-refractivity contribution in [3.8, 4) is 0 Å². The molecule has 0 aliphatic carbocycles. The van der Waals surface area contributed by atoms with Crippen molar-refractivity contribution < 1.29 is 33.3 Å². The van der Waals surface area contributed by atoms with Crippen LogP contribution in [0.2, 0.25) is 0 Å². The van der Waals surface area contributed by atoms with Gasteiger partial charge in [0.05, 0.1) is 6.54 Å². The Labute approximate surface area is 200 Å². The highest BCUT2D eigenvalue weighted by atomic mass is 16.9. The van der Waals surface area contributed by atoms with Gasteiger partial charge in [-0.15, -0.1) is 0 Å². The number of benzene rings is 1. The summed E-state index contributed by atoms with van der Waals surface area (Å²) in [7, 11) is 0. The topological polar surface area (TPSA) is 86.8 Å². The lowest BCUT2D eigenvalue weighted by Gasteiger charge is -2.39. The first kappa shape index (κ1) is 23.7. The highest BCUT2D eigenvalue weighted by Crippen LogP contribution is 2.45. The molecule has 186 valence electrons. The molecule has 0 aromatic heterocycles. The van der Waals surface area contributed by atoms with Gasteiger partial charge >= 0.3 is 6.03 Å². The van der Waals surface area contributed by atoms with Crippen LogP contribution in [-0.4, -0.2) is 76.1 Å². The van der Waals surface area contributed by atoms with E-state index in [1.807, 2.05) is 78.8 Å². The maximum atomic E-state index is 13.6. The molecule has 4 aliphatic heterocycles. The number of amides is 3. The quantitative estimate of drug-likeness (QED) is 0.622. The first-order valence-corrected chi connectivity index (χ1v) is 11.8. The number of carbonyl (C=O) groups excluding carboxylic acids is 2. The average Bonchev–Trinajstić information content (AvgIpc) is 3.29. The largest absolute Gasteiger partial charge is 0.342 e. The molecule has 0 spiro atoms. The van der Waals surface area contributed by atoms with Gasteiger partial charge in [0.15, 0.2) is 17.9 Å². The number of carbonyl (C=O) groups is 2. The summed E-state index contributed by atoms with van der Waals surface area (Å²) in [5.41, 5.74) is 0.0848. The van der Waals surface area contributed by atoms with Crippen LogP contribution in [0.4, 0.5) is 4.79 Å². The Bertz CT molecular complexity index is 973. The summed E-state index contributed by atoms with van der Waals surface area (Å²) < 4.78 is 30.8. The molecule has 4 saturated heterocycles. The fourth-order valence-corrected chi connectivity index (χ4v) is 5.38. The summed E-state index contributed by atoms with van der Waals surface area (Å²) in [5.74, 6) is -1.93. The van der Waals surface area contributed by atoms with Crippen molar-refractivity contribution in [3.05, 3.63) is 35.9 Å². The number of nitrogens with zero attached hydrogens (tertiary/aromatic N) is 2. The molecule has 6 atom stereocenters. The van der Waals surface area contributed by atoms with Gasteiger partial charge in [0.2, 0.25) is 0 Å². The summed E-state index contributed by atoms with van der Waals surface area (Å²) >= 11 is 0. The zero-order chi connectivity index (χ0) is 24.6.